The third kappa shape index (κ3) is 3.20. The summed E-state index contributed by atoms with van der Waals surface area (Å²) >= 11 is 5.81. The summed E-state index contributed by atoms with van der Waals surface area (Å²) in [6, 6.07) is 7.69. The molecule has 2 aromatic rings. The van der Waals surface area contributed by atoms with Gasteiger partial charge in [-0.15, -0.1) is 0 Å². The van der Waals surface area contributed by atoms with Gasteiger partial charge in [-0.25, -0.2) is 13.2 Å². The van der Waals surface area contributed by atoms with Crippen LogP contribution in [0.3, 0.4) is 0 Å². The zero-order chi connectivity index (χ0) is 14.7. The highest BCUT2D eigenvalue weighted by molar-refractivity contribution is 6.31. The first kappa shape index (κ1) is 14.6. The van der Waals surface area contributed by atoms with Gasteiger partial charge in [0, 0.05) is 23.4 Å². The lowest BCUT2D eigenvalue weighted by atomic mass is 10.0. The predicted octanol–water partition coefficient (Wildman–Crippen LogP) is 4.11. The minimum Gasteiger partial charge on any atom is -0.299 e. The van der Waals surface area contributed by atoms with Crippen LogP contribution in [0.2, 0.25) is 5.02 Å². The monoisotopic (exact) mass is 298 g/mol. The summed E-state index contributed by atoms with van der Waals surface area (Å²) in [4.78, 5) is 11.8. The van der Waals surface area contributed by atoms with Crippen molar-refractivity contribution in [3.63, 3.8) is 0 Å². The summed E-state index contributed by atoms with van der Waals surface area (Å²) in [6.07, 6.45) is -0.574. The second-order valence-corrected chi connectivity index (χ2v) is 4.71. The van der Waals surface area contributed by atoms with Crippen LogP contribution in [-0.2, 0) is 17.6 Å². The Kier molecular flexibility index (Phi) is 4.45. The molecule has 0 atom stereocenters. The first-order valence-corrected chi connectivity index (χ1v) is 6.24. The fourth-order valence-corrected chi connectivity index (χ4v) is 2.09. The SMILES string of the molecule is O=C(Cc1cccc(F)c1F)Cc1c(F)cccc1Cl. The molecule has 20 heavy (non-hydrogen) atoms. The Labute approximate surface area is 119 Å². The molecule has 2 rings (SSSR count). The quantitative estimate of drug-likeness (QED) is 0.830. The van der Waals surface area contributed by atoms with Crippen molar-refractivity contribution < 1.29 is 18.0 Å². The number of carbonyl (C=O) groups excluding carboxylic acids is 1. The maximum Gasteiger partial charge on any atom is 0.162 e. The van der Waals surface area contributed by atoms with E-state index in [9.17, 15) is 18.0 Å². The van der Waals surface area contributed by atoms with Crippen LogP contribution in [0.5, 0.6) is 0 Å². The van der Waals surface area contributed by atoms with Gasteiger partial charge in [-0.2, -0.15) is 0 Å². The molecule has 0 heterocycles. The topological polar surface area (TPSA) is 17.1 Å². The summed E-state index contributed by atoms with van der Waals surface area (Å²) in [5, 5.41) is 0.137. The van der Waals surface area contributed by atoms with E-state index >= 15 is 0 Å². The minimum absolute atomic E-state index is 0.0533. The molecule has 104 valence electrons. The molecular formula is C15H10ClF3O. The Balaban J connectivity index is 2.16. The molecule has 0 aliphatic carbocycles. The van der Waals surface area contributed by atoms with Crippen molar-refractivity contribution in [3.8, 4) is 0 Å². The summed E-state index contributed by atoms with van der Waals surface area (Å²) in [5.41, 5.74) is 0.0124. The molecule has 0 aliphatic heterocycles. The third-order valence-corrected chi connectivity index (χ3v) is 3.21. The fourth-order valence-electron chi connectivity index (χ4n) is 1.86. The molecule has 0 unspecified atom stereocenters. The van der Waals surface area contributed by atoms with E-state index in [0.29, 0.717) is 0 Å². The molecule has 0 aromatic heterocycles. The second-order valence-electron chi connectivity index (χ2n) is 4.31. The maximum absolute atomic E-state index is 13.5. The first-order valence-electron chi connectivity index (χ1n) is 5.86. The standard InChI is InChI=1S/C15H10ClF3O/c16-12-4-2-5-13(17)11(12)8-10(20)7-9-3-1-6-14(18)15(9)19/h1-6H,7-8H2. The van der Waals surface area contributed by atoms with Gasteiger partial charge in [-0.1, -0.05) is 29.8 Å². The molecule has 1 nitrogen and oxygen atoms in total. The van der Waals surface area contributed by atoms with Crippen LogP contribution in [-0.4, -0.2) is 5.78 Å². The van der Waals surface area contributed by atoms with Crippen LogP contribution in [0.25, 0.3) is 0 Å². The lowest BCUT2D eigenvalue weighted by Gasteiger charge is -2.06. The van der Waals surface area contributed by atoms with Crippen molar-refractivity contribution in [1.82, 2.24) is 0 Å². The Morgan fingerprint density at radius 1 is 0.950 bits per heavy atom. The normalized spacial score (nSPS) is 10.6. The molecule has 0 saturated heterocycles. The Hall–Kier alpha value is -1.81. The van der Waals surface area contributed by atoms with Crippen LogP contribution < -0.4 is 0 Å². The van der Waals surface area contributed by atoms with Crippen LogP contribution in [0, 0.1) is 17.5 Å². The average Bonchev–Trinajstić information content (AvgIpc) is 2.39. The van der Waals surface area contributed by atoms with Crippen LogP contribution in [0.1, 0.15) is 11.1 Å². The second kappa shape index (κ2) is 6.09. The molecule has 2 aromatic carbocycles. The Bertz CT molecular complexity index is 635. The fraction of sp³-hybridized carbons (Fsp3) is 0.133. The molecule has 0 N–H and O–H groups in total. The molecular weight excluding hydrogens is 289 g/mol. The molecule has 0 bridgehead atoms. The number of benzene rings is 2. The van der Waals surface area contributed by atoms with Crippen molar-refractivity contribution in [2.24, 2.45) is 0 Å². The van der Waals surface area contributed by atoms with Gasteiger partial charge in [-0.3, -0.25) is 4.79 Å². The number of hydrogen-bond donors (Lipinski definition) is 0. The number of rotatable bonds is 4. The molecule has 0 amide bonds. The van der Waals surface area contributed by atoms with E-state index in [2.05, 4.69) is 0 Å². The lowest BCUT2D eigenvalue weighted by Crippen LogP contribution is -2.10. The summed E-state index contributed by atoms with van der Waals surface area (Å²) < 4.78 is 40.0. The Morgan fingerprint density at radius 2 is 1.60 bits per heavy atom. The number of ketones is 1. The summed E-state index contributed by atoms with van der Waals surface area (Å²) in [6.45, 7) is 0. The van der Waals surface area contributed by atoms with Gasteiger partial charge in [-0.05, 0) is 23.8 Å². The minimum atomic E-state index is -1.06. The van der Waals surface area contributed by atoms with Crippen molar-refractivity contribution in [3.05, 3.63) is 70.0 Å². The highest BCUT2D eigenvalue weighted by atomic mass is 35.5. The zero-order valence-corrected chi connectivity index (χ0v) is 11.1. The van der Waals surface area contributed by atoms with Crippen molar-refractivity contribution >= 4 is 17.4 Å². The van der Waals surface area contributed by atoms with E-state index in [4.69, 9.17) is 11.6 Å². The van der Waals surface area contributed by atoms with Crippen LogP contribution in [0.15, 0.2) is 36.4 Å². The van der Waals surface area contributed by atoms with E-state index in [1.807, 2.05) is 0 Å². The van der Waals surface area contributed by atoms with Crippen molar-refractivity contribution in [1.29, 1.82) is 0 Å². The predicted molar refractivity (Wildman–Crippen MR) is 70.2 cm³/mol. The number of Topliss-reactive ketones (excluding diaryl/α,β-unsaturated/α-hetero) is 1. The summed E-state index contributed by atoms with van der Waals surface area (Å²) in [5.74, 6) is -3.10. The van der Waals surface area contributed by atoms with E-state index < -0.39 is 23.2 Å². The van der Waals surface area contributed by atoms with Crippen LogP contribution >= 0.6 is 11.6 Å². The van der Waals surface area contributed by atoms with E-state index in [1.54, 1.807) is 0 Å². The molecule has 0 saturated carbocycles. The average molecular weight is 299 g/mol. The van der Waals surface area contributed by atoms with E-state index in [-0.39, 0.29) is 29.0 Å². The molecule has 0 spiro atoms. The van der Waals surface area contributed by atoms with Gasteiger partial charge >= 0.3 is 0 Å². The van der Waals surface area contributed by atoms with Gasteiger partial charge in [0.15, 0.2) is 11.6 Å². The van der Waals surface area contributed by atoms with E-state index in [0.717, 1.165) is 6.07 Å². The number of carbonyl (C=O) groups is 1. The zero-order valence-electron chi connectivity index (χ0n) is 10.3. The number of hydrogen-bond acceptors (Lipinski definition) is 1. The van der Waals surface area contributed by atoms with Crippen LogP contribution in [0.4, 0.5) is 13.2 Å². The smallest absolute Gasteiger partial charge is 0.162 e. The van der Waals surface area contributed by atoms with Crippen molar-refractivity contribution in [2.75, 3.05) is 0 Å². The number of halogens is 4. The maximum atomic E-state index is 13.5. The van der Waals surface area contributed by atoms with Gasteiger partial charge in [0.05, 0.1) is 0 Å². The van der Waals surface area contributed by atoms with Gasteiger partial charge in [0.2, 0.25) is 0 Å². The molecule has 5 heteroatoms. The highest BCUT2D eigenvalue weighted by Gasteiger charge is 2.15. The van der Waals surface area contributed by atoms with Gasteiger partial charge < -0.3 is 0 Å². The lowest BCUT2D eigenvalue weighted by molar-refractivity contribution is -0.117. The first-order chi connectivity index (χ1) is 9.49. The van der Waals surface area contributed by atoms with Gasteiger partial charge in [0.1, 0.15) is 11.6 Å². The molecule has 0 aliphatic rings. The largest absolute Gasteiger partial charge is 0.299 e. The third-order valence-electron chi connectivity index (χ3n) is 2.85. The summed E-state index contributed by atoms with van der Waals surface area (Å²) in [7, 11) is 0. The van der Waals surface area contributed by atoms with E-state index in [1.165, 1.54) is 30.3 Å². The van der Waals surface area contributed by atoms with Crippen molar-refractivity contribution in [2.45, 2.75) is 12.8 Å². The molecule has 0 fully saturated rings. The Morgan fingerprint density at radius 3 is 2.30 bits per heavy atom. The molecule has 0 radical (unpaired) electrons. The highest BCUT2D eigenvalue weighted by Crippen LogP contribution is 2.21. The van der Waals surface area contributed by atoms with Gasteiger partial charge in [0.25, 0.3) is 0 Å².